The van der Waals surface area contributed by atoms with Crippen LogP contribution in [-0.2, 0) is 4.74 Å². The summed E-state index contributed by atoms with van der Waals surface area (Å²) in [7, 11) is 6.22. The lowest BCUT2D eigenvalue weighted by Crippen LogP contribution is -2.52. The van der Waals surface area contributed by atoms with Crippen LogP contribution in [-0.4, -0.2) is 51.3 Å². The molecule has 11 heavy (non-hydrogen) atoms. The normalized spacial score (nSPS) is 32.7. The van der Waals surface area contributed by atoms with Crippen molar-refractivity contribution in [2.45, 2.75) is 18.5 Å². The van der Waals surface area contributed by atoms with Crippen LogP contribution < -0.4 is 5.32 Å². The number of likely N-dealkylation sites (N-methyl/N-ethyl adjacent to an activating group) is 2. The van der Waals surface area contributed by atoms with E-state index in [9.17, 15) is 0 Å². The van der Waals surface area contributed by atoms with Gasteiger partial charge in [0.2, 0.25) is 0 Å². The predicted octanol–water partition coefficient (Wildman–Crippen LogP) is -0.0751. The van der Waals surface area contributed by atoms with E-state index in [0.717, 1.165) is 19.6 Å². The van der Waals surface area contributed by atoms with E-state index in [1.54, 1.807) is 0 Å². The Morgan fingerprint density at radius 3 is 2.64 bits per heavy atom. The molecule has 1 heterocycles. The molecule has 0 spiro atoms. The second kappa shape index (κ2) is 4.04. The number of hydrogen-bond donors (Lipinski definition) is 1. The molecule has 1 saturated heterocycles. The van der Waals surface area contributed by atoms with Crippen molar-refractivity contribution in [2.24, 2.45) is 0 Å². The first kappa shape index (κ1) is 8.97. The van der Waals surface area contributed by atoms with Crippen LogP contribution >= 0.6 is 0 Å². The Bertz CT molecular complexity index is 117. The van der Waals surface area contributed by atoms with Crippen molar-refractivity contribution in [1.82, 2.24) is 10.2 Å². The Kier molecular flexibility index (Phi) is 3.30. The molecule has 0 aliphatic carbocycles. The summed E-state index contributed by atoms with van der Waals surface area (Å²) < 4.78 is 5.39. The third-order valence-corrected chi connectivity index (χ3v) is 2.36. The molecule has 3 heteroatoms. The molecule has 3 nitrogen and oxygen atoms in total. The highest BCUT2D eigenvalue weighted by Gasteiger charge is 2.25. The quantitative estimate of drug-likeness (QED) is 0.608. The summed E-state index contributed by atoms with van der Waals surface area (Å²) in [5, 5.41) is 3.31. The third-order valence-electron chi connectivity index (χ3n) is 2.36. The lowest BCUT2D eigenvalue weighted by atomic mass is 10.0. The summed E-state index contributed by atoms with van der Waals surface area (Å²) in [5.74, 6) is 0. The van der Waals surface area contributed by atoms with E-state index >= 15 is 0 Å². The van der Waals surface area contributed by atoms with Crippen LogP contribution in [0.2, 0.25) is 0 Å². The summed E-state index contributed by atoms with van der Waals surface area (Å²) in [6.45, 7) is 1.76. The van der Waals surface area contributed by atoms with Gasteiger partial charge in [-0.3, -0.25) is 0 Å². The maximum Gasteiger partial charge on any atom is 0.0636 e. The minimum absolute atomic E-state index is 0.536. The van der Waals surface area contributed by atoms with E-state index in [-0.39, 0.29) is 0 Å². The minimum atomic E-state index is 0.536. The largest absolute Gasteiger partial charge is 0.380 e. The summed E-state index contributed by atoms with van der Waals surface area (Å²) in [6.07, 6.45) is 1.12. The average Bonchev–Trinajstić information content (AvgIpc) is 2.04. The molecule has 0 saturated carbocycles. The Balaban J connectivity index is 2.44. The van der Waals surface area contributed by atoms with Crippen molar-refractivity contribution in [3.05, 3.63) is 0 Å². The van der Waals surface area contributed by atoms with E-state index in [1.807, 2.05) is 7.05 Å². The second-order valence-corrected chi connectivity index (χ2v) is 3.29. The second-order valence-electron chi connectivity index (χ2n) is 3.29. The monoisotopic (exact) mass is 158 g/mol. The van der Waals surface area contributed by atoms with Crippen LogP contribution in [0.1, 0.15) is 6.42 Å². The minimum Gasteiger partial charge on any atom is -0.380 e. The molecule has 0 aromatic carbocycles. The van der Waals surface area contributed by atoms with Crippen LogP contribution in [0.5, 0.6) is 0 Å². The highest BCUT2D eigenvalue weighted by atomic mass is 16.5. The van der Waals surface area contributed by atoms with Crippen LogP contribution in [0.15, 0.2) is 0 Å². The number of nitrogens with one attached hydrogen (secondary N) is 1. The van der Waals surface area contributed by atoms with Gasteiger partial charge in [0.05, 0.1) is 6.61 Å². The standard InChI is InChI=1S/C8H18N2O/c1-9-7-4-5-11-6-8(7)10(2)3/h7-9H,4-6H2,1-3H3. The van der Waals surface area contributed by atoms with Crippen LogP contribution in [0.4, 0.5) is 0 Å². The number of nitrogens with zero attached hydrogens (tertiary/aromatic N) is 1. The molecule has 0 radical (unpaired) electrons. The lowest BCUT2D eigenvalue weighted by Gasteiger charge is -2.35. The molecule has 1 fully saturated rings. The average molecular weight is 158 g/mol. The first-order valence-corrected chi connectivity index (χ1v) is 4.17. The maximum atomic E-state index is 5.39. The van der Waals surface area contributed by atoms with Crippen LogP contribution in [0, 0.1) is 0 Å². The van der Waals surface area contributed by atoms with Gasteiger partial charge in [0, 0.05) is 18.7 Å². The van der Waals surface area contributed by atoms with Gasteiger partial charge in [-0.05, 0) is 27.6 Å². The molecule has 0 bridgehead atoms. The third kappa shape index (κ3) is 2.15. The van der Waals surface area contributed by atoms with Crippen molar-refractivity contribution in [3.8, 4) is 0 Å². The van der Waals surface area contributed by atoms with Crippen LogP contribution in [0.3, 0.4) is 0 Å². The zero-order valence-corrected chi connectivity index (χ0v) is 7.63. The van der Waals surface area contributed by atoms with Gasteiger partial charge < -0.3 is 15.0 Å². The Morgan fingerprint density at radius 2 is 2.18 bits per heavy atom. The number of hydrogen-bond acceptors (Lipinski definition) is 3. The van der Waals surface area contributed by atoms with E-state index < -0.39 is 0 Å². The molecule has 66 valence electrons. The molecular formula is C8H18N2O. The lowest BCUT2D eigenvalue weighted by molar-refractivity contribution is 0.0162. The summed E-state index contributed by atoms with van der Waals surface area (Å²) in [4.78, 5) is 2.22. The Labute approximate surface area is 68.7 Å². The molecule has 1 N–H and O–H groups in total. The first-order valence-electron chi connectivity index (χ1n) is 4.17. The zero-order chi connectivity index (χ0) is 8.27. The van der Waals surface area contributed by atoms with E-state index in [4.69, 9.17) is 4.74 Å². The van der Waals surface area contributed by atoms with Gasteiger partial charge in [0.25, 0.3) is 0 Å². The summed E-state index contributed by atoms with van der Waals surface area (Å²) in [6, 6.07) is 1.13. The van der Waals surface area contributed by atoms with Crippen molar-refractivity contribution in [1.29, 1.82) is 0 Å². The van der Waals surface area contributed by atoms with E-state index in [0.29, 0.717) is 12.1 Å². The molecule has 2 unspecified atom stereocenters. The molecule has 0 aromatic rings. The molecule has 0 aromatic heterocycles. The molecule has 1 aliphatic heterocycles. The summed E-state index contributed by atoms with van der Waals surface area (Å²) in [5.41, 5.74) is 0. The van der Waals surface area contributed by atoms with Gasteiger partial charge in [0.15, 0.2) is 0 Å². The Morgan fingerprint density at radius 1 is 1.45 bits per heavy atom. The molecule has 0 amide bonds. The summed E-state index contributed by atoms with van der Waals surface area (Å²) >= 11 is 0. The predicted molar refractivity (Wildman–Crippen MR) is 45.8 cm³/mol. The fraction of sp³-hybridized carbons (Fsp3) is 1.00. The SMILES string of the molecule is CNC1CCOCC1N(C)C. The van der Waals surface area contributed by atoms with Crippen LogP contribution in [0.25, 0.3) is 0 Å². The van der Waals surface area contributed by atoms with Gasteiger partial charge in [-0.1, -0.05) is 0 Å². The van der Waals surface area contributed by atoms with Crippen molar-refractivity contribution in [2.75, 3.05) is 34.4 Å². The Hall–Kier alpha value is -0.120. The highest BCUT2D eigenvalue weighted by molar-refractivity contribution is 4.83. The highest BCUT2D eigenvalue weighted by Crippen LogP contribution is 2.10. The topological polar surface area (TPSA) is 24.5 Å². The molecule has 2 atom stereocenters. The smallest absolute Gasteiger partial charge is 0.0636 e. The van der Waals surface area contributed by atoms with Crippen molar-refractivity contribution >= 4 is 0 Å². The van der Waals surface area contributed by atoms with Crippen molar-refractivity contribution < 1.29 is 4.74 Å². The van der Waals surface area contributed by atoms with Gasteiger partial charge >= 0.3 is 0 Å². The maximum absolute atomic E-state index is 5.39. The molecule has 1 aliphatic rings. The molecule has 1 rings (SSSR count). The van der Waals surface area contributed by atoms with Crippen molar-refractivity contribution in [3.63, 3.8) is 0 Å². The van der Waals surface area contributed by atoms with Gasteiger partial charge in [-0.25, -0.2) is 0 Å². The fourth-order valence-electron chi connectivity index (χ4n) is 1.57. The zero-order valence-electron chi connectivity index (χ0n) is 7.63. The van der Waals surface area contributed by atoms with E-state index in [1.165, 1.54) is 0 Å². The number of ether oxygens (including phenoxy) is 1. The molecular weight excluding hydrogens is 140 g/mol. The van der Waals surface area contributed by atoms with E-state index in [2.05, 4.69) is 24.3 Å². The fourth-order valence-corrected chi connectivity index (χ4v) is 1.57. The van der Waals surface area contributed by atoms with Gasteiger partial charge in [0.1, 0.15) is 0 Å². The van der Waals surface area contributed by atoms with Gasteiger partial charge in [-0.15, -0.1) is 0 Å². The van der Waals surface area contributed by atoms with Gasteiger partial charge in [-0.2, -0.15) is 0 Å². The number of rotatable bonds is 2. The first-order chi connectivity index (χ1) is 5.25.